The highest BCUT2D eigenvalue weighted by Gasteiger charge is 2.50. The molecule has 0 N–H and O–H groups in total. The number of ether oxygens (including phenoxy) is 4. The number of hydrogen-bond acceptors (Lipinski definition) is 7. The van der Waals surface area contributed by atoms with Crippen LogP contribution in [0.5, 0.6) is 0 Å². The van der Waals surface area contributed by atoms with E-state index in [1.165, 1.54) is 12.1 Å². The van der Waals surface area contributed by atoms with Crippen molar-refractivity contribution in [3.05, 3.63) is 105 Å². The lowest BCUT2D eigenvalue weighted by Crippen LogP contribution is -2.43. The molecule has 0 bridgehead atoms. The summed E-state index contributed by atoms with van der Waals surface area (Å²) >= 11 is 0. The predicted molar refractivity (Wildman–Crippen MR) is 122 cm³/mol. The Morgan fingerprint density at radius 3 is 2.40 bits per heavy atom. The third-order valence-corrected chi connectivity index (χ3v) is 5.41. The Morgan fingerprint density at radius 2 is 1.71 bits per heavy atom. The molecule has 9 nitrogen and oxygen atoms in total. The van der Waals surface area contributed by atoms with E-state index >= 15 is 4.39 Å². The van der Waals surface area contributed by atoms with Crippen LogP contribution in [0.1, 0.15) is 29.1 Å². The van der Waals surface area contributed by atoms with Crippen LogP contribution in [-0.4, -0.2) is 40.3 Å². The molecule has 0 radical (unpaired) electrons. The molecular weight excluding hydrogens is 459 g/mol. The average Bonchev–Trinajstić information content (AvgIpc) is 3.17. The van der Waals surface area contributed by atoms with Gasteiger partial charge in [-0.2, -0.15) is 0 Å². The van der Waals surface area contributed by atoms with Crippen LogP contribution in [0, 0.1) is 0 Å². The standard InChI is InChI=1S/C25H25FN2O7/c1-2-33-24-21(34-23(30)18-11-7-4-8-12-18)20(26)22(35-24)27-14-13-19(29)28(25(27)31)16-32-15-17-9-5-3-6-10-17/h3-14,20-22,24H,2,15-16H2,1H3/t20?,21-,22-,24+/m1/s1. The summed E-state index contributed by atoms with van der Waals surface area (Å²) in [6.07, 6.45) is -4.94. The van der Waals surface area contributed by atoms with Crippen molar-refractivity contribution in [1.82, 2.24) is 9.13 Å². The first kappa shape index (κ1) is 24.5. The molecule has 4 atom stereocenters. The lowest BCUT2D eigenvalue weighted by Gasteiger charge is -2.19. The topological polar surface area (TPSA) is 98.0 Å². The van der Waals surface area contributed by atoms with Gasteiger partial charge in [-0.1, -0.05) is 48.5 Å². The molecule has 0 spiro atoms. The normalized spacial score (nSPS) is 21.7. The molecule has 3 aromatic rings. The molecule has 2 aromatic carbocycles. The van der Waals surface area contributed by atoms with Crippen molar-refractivity contribution < 1.29 is 28.1 Å². The number of rotatable bonds is 9. The molecular formula is C25H25FN2O7. The number of esters is 1. The number of alkyl halides is 1. The molecule has 10 heteroatoms. The molecule has 0 saturated carbocycles. The zero-order chi connectivity index (χ0) is 24.8. The molecule has 0 amide bonds. The Balaban J connectivity index is 1.53. The average molecular weight is 484 g/mol. The molecule has 1 aromatic heterocycles. The van der Waals surface area contributed by atoms with Gasteiger partial charge < -0.3 is 18.9 Å². The third kappa shape index (κ3) is 5.56. The molecule has 1 saturated heterocycles. The van der Waals surface area contributed by atoms with Crippen LogP contribution in [0.25, 0.3) is 0 Å². The number of hydrogen-bond donors (Lipinski definition) is 0. The number of halogens is 1. The van der Waals surface area contributed by atoms with Crippen molar-refractivity contribution in [3.8, 4) is 0 Å². The minimum atomic E-state index is -1.94. The lowest BCUT2D eigenvalue weighted by atomic mass is 10.2. The fourth-order valence-corrected chi connectivity index (χ4v) is 3.68. The smallest absolute Gasteiger partial charge is 0.338 e. The second-order valence-corrected chi connectivity index (χ2v) is 7.77. The second kappa shape index (κ2) is 11.2. The zero-order valence-electron chi connectivity index (χ0n) is 19.0. The van der Waals surface area contributed by atoms with E-state index in [1.807, 2.05) is 30.3 Å². The predicted octanol–water partition coefficient (Wildman–Crippen LogP) is 2.64. The Hall–Kier alpha value is -3.60. The van der Waals surface area contributed by atoms with E-state index < -0.39 is 42.0 Å². The maximum absolute atomic E-state index is 15.5. The minimum absolute atomic E-state index is 0.158. The monoisotopic (exact) mass is 484 g/mol. The van der Waals surface area contributed by atoms with Gasteiger partial charge in [0.15, 0.2) is 24.8 Å². The van der Waals surface area contributed by atoms with Crippen LogP contribution >= 0.6 is 0 Å². The summed E-state index contributed by atoms with van der Waals surface area (Å²) in [6.45, 7) is 1.68. The fourth-order valence-electron chi connectivity index (χ4n) is 3.68. The van der Waals surface area contributed by atoms with E-state index in [0.717, 1.165) is 27.0 Å². The number of nitrogens with zero attached hydrogens (tertiary/aromatic N) is 2. The minimum Gasteiger partial charge on any atom is -0.450 e. The first-order chi connectivity index (χ1) is 17.0. The van der Waals surface area contributed by atoms with Gasteiger partial charge in [-0.25, -0.2) is 18.5 Å². The van der Waals surface area contributed by atoms with E-state index in [-0.39, 0.29) is 25.5 Å². The van der Waals surface area contributed by atoms with Crippen molar-refractivity contribution in [2.75, 3.05) is 6.61 Å². The number of benzene rings is 2. The van der Waals surface area contributed by atoms with Gasteiger partial charge in [-0.15, -0.1) is 0 Å². The summed E-state index contributed by atoms with van der Waals surface area (Å²) < 4.78 is 39.2. The lowest BCUT2D eigenvalue weighted by molar-refractivity contribution is -0.175. The number of carbonyl (C=O) groups excluding carboxylic acids is 1. The molecule has 0 aliphatic carbocycles. The zero-order valence-corrected chi connectivity index (χ0v) is 19.0. The van der Waals surface area contributed by atoms with E-state index in [9.17, 15) is 14.4 Å². The Bertz CT molecular complexity index is 1250. The van der Waals surface area contributed by atoms with Crippen LogP contribution in [0.3, 0.4) is 0 Å². The fraction of sp³-hybridized carbons (Fsp3) is 0.320. The molecule has 4 rings (SSSR count). The number of aromatic nitrogens is 2. The van der Waals surface area contributed by atoms with Crippen molar-refractivity contribution >= 4 is 5.97 Å². The van der Waals surface area contributed by atoms with Gasteiger partial charge in [0.1, 0.15) is 6.73 Å². The van der Waals surface area contributed by atoms with Gasteiger partial charge in [-0.3, -0.25) is 9.36 Å². The number of carbonyl (C=O) groups is 1. The quantitative estimate of drug-likeness (QED) is 0.431. The Kier molecular flexibility index (Phi) is 7.86. The van der Waals surface area contributed by atoms with E-state index in [1.54, 1.807) is 25.1 Å². The van der Waals surface area contributed by atoms with Crippen molar-refractivity contribution in [2.24, 2.45) is 0 Å². The summed E-state index contributed by atoms with van der Waals surface area (Å²) in [5.41, 5.74) is -0.341. The molecule has 184 valence electrons. The first-order valence-corrected chi connectivity index (χ1v) is 11.1. The molecule has 2 heterocycles. The molecule has 1 aliphatic rings. The second-order valence-electron chi connectivity index (χ2n) is 7.77. The van der Waals surface area contributed by atoms with Crippen LogP contribution in [0.4, 0.5) is 4.39 Å². The summed E-state index contributed by atoms with van der Waals surface area (Å²) in [7, 11) is 0. The summed E-state index contributed by atoms with van der Waals surface area (Å²) in [6, 6.07) is 18.5. The SMILES string of the molecule is CCO[C@H]1O[C@@H](n2ccc(=O)n(COCc3ccccc3)c2=O)C(F)[C@H]1OC(=O)c1ccccc1. The van der Waals surface area contributed by atoms with Gasteiger partial charge in [-0.05, 0) is 24.6 Å². The van der Waals surface area contributed by atoms with Crippen molar-refractivity contribution in [3.63, 3.8) is 0 Å². The van der Waals surface area contributed by atoms with E-state index in [2.05, 4.69) is 0 Å². The van der Waals surface area contributed by atoms with Gasteiger partial charge in [0, 0.05) is 18.9 Å². The highest BCUT2D eigenvalue weighted by molar-refractivity contribution is 5.89. The molecule has 1 unspecified atom stereocenters. The van der Waals surface area contributed by atoms with Gasteiger partial charge in [0.2, 0.25) is 0 Å². The largest absolute Gasteiger partial charge is 0.450 e. The molecule has 1 fully saturated rings. The summed E-state index contributed by atoms with van der Waals surface area (Å²) in [4.78, 5) is 37.8. The van der Waals surface area contributed by atoms with Crippen molar-refractivity contribution in [1.29, 1.82) is 0 Å². The van der Waals surface area contributed by atoms with Crippen LogP contribution in [-0.2, 0) is 32.3 Å². The summed E-state index contributed by atoms with van der Waals surface area (Å²) in [5, 5.41) is 0. The highest BCUT2D eigenvalue weighted by atomic mass is 19.1. The Morgan fingerprint density at radius 1 is 1.03 bits per heavy atom. The Labute approximate surface area is 200 Å². The third-order valence-electron chi connectivity index (χ3n) is 5.41. The van der Waals surface area contributed by atoms with Crippen LogP contribution < -0.4 is 11.2 Å². The first-order valence-electron chi connectivity index (χ1n) is 11.1. The van der Waals surface area contributed by atoms with E-state index in [0.29, 0.717) is 0 Å². The van der Waals surface area contributed by atoms with Crippen molar-refractivity contribution in [2.45, 2.75) is 45.1 Å². The highest BCUT2D eigenvalue weighted by Crippen LogP contribution is 2.34. The maximum atomic E-state index is 15.5. The molecule has 1 aliphatic heterocycles. The van der Waals surface area contributed by atoms with Gasteiger partial charge >= 0.3 is 11.7 Å². The maximum Gasteiger partial charge on any atom is 0.338 e. The van der Waals surface area contributed by atoms with Crippen LogP contribution in [0.15, 0.2) is 82.5 Å². The van der Waals surface area contributed by atoms with Crippen LogP contribution in [0.2, 0.25) is 0 Å². The van der Waals surface area contributed by atoms with Gasteiger partial charge in [0.05, 0.1) is 12.2 Å². The van der Waals surface area contributed by atoms with Gasteiger partial charge in [0.25, 0.3) is 5.56 Å². The molecule has 35 heavy (non-hydrogen) atoms. The van der Waals surface area contributed by atoms with E-state index in [4.69, 9.17) is 18.9 Å². The summed E-state index contributed by atoms with van der Waals surface area (Å²) in [5.74, 6) is -0.751.